The van der Waals surface area contributed by atoms with Crippen LogP contribution < -0.4 is 5.73 Å². The molecule has 1 saturated heterocycles. The topological polar surface area (TPSA) is 49.6 Å². The number of carbonyl (C=O) groups excluding carboxylic acids is 1. The van der Waals surface area contributed by atoms with E-state index in [2.05, 4.69) is 16.7 Å². The minimum atomic E-state index is 0.182. The van der Waals surface area contributed by atoms with Gasteiger partial charge in [0.1, 0.15) is 0 Å². The van der Waals surface area contributed by atoms with E-state index < -0.39 is 0 Å². The highest BCUT2D eigenvalue weighted by Gasteiger charge is 2.34. The van der Waals surface area contributed by atoms with Gasteiger partial charge in [0.05, 0.1) is 0 Å². The van der Waals surface area contributed by atoms with E-state index in [1.165, 1.54) is 25.7 Å². The largest absolute Gasteiger partial charge is 0.340 e. The molecule has 0 aromatic heterocycles. The fourth-order valence-electron chi connectivity index (χ4n) is 4.69. The minimum absolute atomic E-state index is 0.182. The van der Waals surface area contributed by atoms with Crippen LogP contribution in [0.2, 0.25) is 0 Å². The Bertz CT molecular complexity index is 349. The Labute approximate surface area is 129 Å². The van der Waals surface area contributed by atoms with Crippen molar-refractivity contribution in [3.8, 4) is 0 Å². The molecule has 0 aromatic carbocycles. The third-order valence-corrected chi connectivity index (χ3v) is 5.80. The van der Waals surface area contributed by atoms with Gasteiger partial charge >= 0.3 is 0 Å². The molecular formula is C17H31N3O. The molecule has 1 amide bonds. The summed E-state index contributed by atoms with van der Waals surface area (Å²) in [6.45, 7) is 6.23. The highest BCUT2D eigenvalue weighted by atomic mass is 16.2. The van der Waals surface area contributed by atoms with Crippen LogP contribution in [0.25, 0.3) is 0 Å². The maximum atomic E-state index is 12.7. The van der Waals surface area contributed by atoms with Gasteiger partial charge in [-0.15, -0.1) is 0 Å². The number of piperazine rings is 1. The first kappa shape index (κ1) is 15.3. The second-order valence-electron chi connectivity index (χ2n) is 7.57. The van der Waals surface area contributed by atoms with Gasteiger partial charge in [0, 0.05) is 44.2 Å². The van der Waals surface area contributed by atoms with Crippen LogP contribution in [0.5, 0.6) is 0 Å². The number of amides is 1. The Hall–Kier alpha value is -0.610. The maximum absolute atomic E-state index is 12.7. The molecule has 120 valence electrons. The van der Waals surface area contributed by atoms with Gasteiger partial charge in [0.2, 0.25) is 5.91 Å². The van der Waals surface area contributed by atoms with Crippen LogP contribution in [0.4, 0.5) is 0 Å². The van der Waals surface area contributed by atoms with Crippen LogP contribution in [0, 0.1) is 11.8 Å². The summed E-state index contributed by atoms with van der Waals surface area (Å²) < 4.78 is 0. The van der Waals surface area contributed by atoms with Crippen LogP contribution >= 0.6 is 0 Å². The van der Waals surface area contributed by atoms with Gasteiger partial charge in [-0.25, -0.2) is 0 Å². The molecule has 1 aliphatic heterocycles. The first-order valence-electron chi connectivity index (χ1n) is 8.92. The van der Waals surface area contributed by atoms with E-state index in [0.717, 1.165) is 51.5 Å². The van der Waals surface area contributed by atoms with Gasteiger partial charge < -0.3 is 10.6 Å². The molecule has 0 bridgehead atoms. The Morgan fingerprint density at radius 2 is 1.67 bits per heavy atom. The van der Waals surface area contributed by atoms with Crippen molar-refractivity contribution in [2.75, 3.05) is 26.2 Å². The summed E-state index contributed by atoms with van der Waals surface area (Å²) >= 11 is 0. The standard InChI is InChI=1S/C17H31N3O/c1-13-10-14(12-15(18)11-13)17(21)20-8-6-19(7-9-20)16-4-2-3-5-16/h13-16H,2-12,18H2,1H3. The second kappa shape index (κ2) is 6.66. The van der Waals surface area contributed by atoms with Gasteiger partial charge in [0.25, 0.3) is 0 Å². The predicted molar refractivity (Wildman–Crippen MR) is 84.9 cm³/mol. The van der Waals surface area contributed by atoms with Crippen molar-refractivity contribution in [1.82, 2.24) is 9.80 Å². The monoisotopic (exact) mass is 293 g/mol. The van der Waals surface area contributed by atoms with Crippen molar-refractivity contribution in [3.05, 3.63) is 0 Å². The smallest absolute Gasteiger partial charge is 0.225 e. The molecule has 2 aliphatic carbocycles. The molecule has 2 N–H and O–H groups in total. The lowest BCUT2D eigenvalue weighted by atomic mass is 9.79. The third kappa shape index (κ3) is 3.59. The summed E-state index contributed by atoms with van der Waals surface area (Å²) in [5.41, 5.74) is 6.11. The second-order valence-corrected chi connectivity index (χ2v) is 7.57. The molecule has 3 unspecified atom stereocenters. The zero-order valence-electron chi connectivity index (χ0n) is 13.5. The van der Waals surface area contributed by atoms with Crippen LogP contribution in [0.15, 0.2) is 0 Å². The molecule has 0 spiro atoms. The van der Waals surface area contributed by atoms with E-state index in [9.17, 15) is 4.79 Å². The molecule has 0 radical (unpaired) electrons. The normalized spacial score (nSPS) is 36.1. The van der Waals surface area contributed by atoms with Gasteiger partial charge in [-0.05, 0) is 38.0 Å². The van der Waals surface area contributed by atoms with E-state index in [4.69, 9.17) is 5.73 Å². The first-order valence-corrected chi connectivity index (χ1v) is 8.92. The van der Waals surface area contributed by atoms with Gasteiger partial charge in [-0.2, -0.15) is 0 Å². The Balaban J connectivity index is 1.50. The Kier molecular flexibility index (Phi) is 4.85. The zero-order chi connectivity index (χ0) is 14.8. The molecule has 3 atom stereocenters. The summed E-state index contributed by atoms with van der Waals surface area (Å²) in [6.07, 6.45) is 8.52. The quantitative estimate of drug-likeness (QED) is 0.845. The third-order valence-electron chi connectivity index (χ3n) is 5.80. The number of rotatable bonds is 2. The van der Waals surface area contributed by atoms with Crippen molar-refractivity contribution in [1.29, 1.82) is 0 Å². The average Bonchev–Trinajstić information content (AvgIpc) is 3.00. The number of hydrogen-bond acceptors (Lipinski definition) is 3. The Morgan fingerprint density at radius 1 is 1.00 bits per heavy atom. The lowest BCUT2D eigenvalue weighted by molar-refractivity contribution is -0.139. The molecule has 3 aliphatic rings. The van der Waals surface area contributed by atoms with Crippen molar-refractivity contribution < 1.29 is 4.79 Å². The molecule has 3 rings (SSSR count). The lowest BCUT2D eigenvalue weighted by Crippen LogP contribution is -2.53. The summed E-state index contributed by atoms with van der Waals surface area (Å²) in [6, 6.07) is 1.02. The fourth-order valence-corrected chi connectivity index (χ4v) is 4.69. The van der Waals surface area contributed by atoms with Gasteiger partial charge in [0.15, 0.2) is 0 Å². The van der Waals surface area contributed by atoms with Crippen LogP contribution in [-0.2, 0) is 4.79 Å². The molecular weight excluding hydrogens is 262 g/mol. The minimum Gasteiger partial charge on any atom is -0.340 e. The molecule has 3 fully saturated rings. The number of hydrogen-bond donors (Lipinski definition) is 1. The summed E-state index contributed by atoms with van der Waals surface area (Å²) in [5, 5.41) is 0. The summed E-state index contributed by atoms with van der Waals surface area (Å²) in [5.74, 6) is 1.16. The average molecular weight is 293 g/mol. The molecule has 4 heteroatoms. The molecule has 4 nitrogen and oxygen atoms in total. The van der Waals surface area contributed by atoms with Crippen molar-refractivity contribution in [3.63, 3.8) is 0 Å². The molecule has 0 aromatic rings. The van der Waals surface area contributed by atoms with Gasteiger partial charge in [-0.1, -0.05) is 19.8 Å². The van der Waals surface area contributed by atoms with Crippen molar-refractivity contribution >= 4 is 5.91 Å². The summed E-state index contributed by atoms with van der Waals surface area (Å²) in [7, 11) is 0. The van der Waals surface area contributed by atoms with E-state index in [1.54, 1.807) is 0 Å². The number of nitrogens with two attached hydrogens (primary N) is 1. The van der Waals surface area contributed by atoms with Crippen LogP contribution in [0.1, 0.15) is 51.9 Å². The van der Waals surface area contributed by atoms with Crippen LogP contribution in [0.3, 0.4) is 0 Å². The van der Waals surface area contributed by atoms with E-state index in [-0.39, 0.29) is 12.0 Å². The van der Waals surface area contributed by atoms with E-state index >= 15 is 0 Å². The zero-order valence-corrected chi connectivity index (χ0v) is 13.5. The van der Waals surface area contributed by atoms with Crippen LogP contribution in [-0.4, -0.2) is 54.0 Å². The summed E-state index contributed by atoms with van der Waals surface area (Å²) in [4.78, 5) is 17.5. The first-order chi connectivity index (χ1) is 10.1. The van der Waals surface area contributed by atoms with E-state index in [0.29, 0.717) is 11.8 Å². The highest BCUT2D eigenvalue weighted by Crippen LogP contribution is 2.30. The van der Waals surface area contributed by atoms with E-state index in [1.807, 2.05) is 0 Å². The van der Waals surface area contributed by atoms with Crippen molar-refractivity contribution in [2.24, 2.45) is 17.6 Å². The van der Waals surface area contributed by atoms with Crippen molar-refractivity contribution in [2.45, 2.75) is 64.0 Å². The highest BCUT2D eigenvalue weighted by molar-refractivity contribution is 5.79. The number of nitrogens with zero attached hydrogens (tertiary/aromatic N) is 2. The maximum Gasteiger partial charge on any atom is 0.225 e. The fraction of sp³-hybridized carbons (Fsp3) is 0.941. The van der Waals surface area contributed by atoms with Gasteiger partial charge in [-0.3, -0.25) is 9.69 Å². The molecule has 21 heavy (non-hydrogen) atoms. The molecule has 2 saturated carbocycles. The Morgan fingerprint density at radius 3 is 2.29 bits per heavy atom. The number of carbonyl (C=O) groups is 1. The predicted octanol–water partition coefficient (Wildman–Crippen LogP) is 1.84. The lowest BCUT2D eigenvalue weighted by Gasteiger charge is -2.40. The SMILES string of the molecule is CC1CC(N)CC(C(=O)N2CCN(C3CCCC3)CC2)C1. The molecule has 1 heterocycles.